The van der Waals surface area contributed by atoms with Crippen LogP contribution >= 0.6 is 0 Å². The van der Waals surface area contributed by atoms with E-state index in [9.17, 15) is 14.7 Å². The molecule has 1 aliphatic carbocycles. The minimum absolute atomic E-state index is 0.0200. The number of aromatic nitrogens is 2. The van der Waals surface area contributed by atoms with Gasteiger partial charge in [0.2, 0.25) is 6.33 Å². The van der Waals surface area contributed by atoms with Gasteiger partial charge < -0.3 is 14.7 Å². The van der Waals surface area contributed by atoms with E-state index >= 15 is 0 Å². The lowest BCUT2D eigenvalue weighted by molar-refractivity contribution is -0.696. The maximum absolute atomic E-state index is 12.2. The number of hydrogen-bond donors (Lipinski definition) is 1. The summed E-state index contributed by atoms with van der Waals surface area (Å²) in [4.78, 5) is 26.3. The van der Waals surface area contributed by atoms with Crippen molar-refractivity contribution in [3.05, 3.63) is 89.4 Å². The molecule has 2 aromatic rings. The third kappa shape index (κ3) is 3.53. The Morgan fingerprint density at radius 1 is 1.28 bits per heavy atom. The second-order valence-corrected chi connectivity index (χ2v) is 10.2. The number of imidazole rings is 1. The fourth-order valence-electron chi connectivity index (χ4n) is 6.01. The normalized spacial score (nSPS) is 23.9. The summed E-state index contributed by atoms with van der Waals surface area (Å²) in [6.45, 7) is 5.92. The number of aryl methyl sites for hydroxylation is 1. The first-order valence-corrected chi connectivity index (χ1v) is 12.7. The molecule has 0 bridgehead atoms. The fraction of sp³-hybridized carbons (Fsp3) is 0.345. The standard InChI is InChI=1S/C29H29N3O4/c1-3-4-10-30-12-13-31(18-30)20-6-8-24-23(15-20)29(2,17-27(34)35)28-22-14-19-5-7-21(33)16-26(19)36-25(22)9-11-32(24)28/h5-8,12-16,18,25H,3-4,9-11,17H2,1-2H3/p+1. The summed E-state index contributed by atoms with van der Waals surface area (Å²) in [5, 5.41) is 9.99. The zero-order valence-corrected chi connectivity index (χ0v) is 20.6. The topological polar surface area (TPSA) is 75.6 Å². The molecule has 0 saturated heterocycles. The van der Waals surface area contributed by atoms with Crippen LogP contribution in [0.25, 0.3) is 5.69 Å². The summed E-state index contributed by atoms with van der Waals surface area (Å²) in [7, 11) is 0. The van der Waals surface area contributed by atoms with Crippen LogP contribution in [-0.2, 0) is 26.3 Å². The summed E-state index contributed by atoms with van der Waals surface area (Å²) in [6, 6.07) is 6.37. The zero-order valence-electron chi connectivity index (χ0n) is 20.6. The number of carboxylic acid groups (broad SMARTS) is 1. The number of aliphatic carboxylic acids is 1. The lowest BCUT2D eigenvalue weighted by Crippen LogP contribution is -2.41. The van der Waals surface area contributed by atoms with E-state index < -0.39 is 11.4 Å². The monoisotopic (exact) mass is 484 g/mol. The molecule has 4 heterocycles. The maximum atomic E-state index is 12.2. The van der Waals surface area contributed by atoms with E-state index in [4.69, 9.17) is 4.74 Å². The van der Waals surface area contributed by atoms with Crippen LogP contribution in [0.5, 0.6) is 0 Å². The highest BCUT2D eigenvalue weighted by Gasteiger charge is 2.50. The minimum Gasteiger partial charge on any atom is -0.485 e. The summed E-state index contributed by atoms with van der Waals surface area (Å²) < 4.78 is 10.6. The molecule has 1 aromatic heterocycles. The number of hydrogen-bond acceptors (Lipinski definition) is 4. The molecule has 2 atom stereocenters. The van der Waals surface area contributed by atoms with Crippen molar-refractivity contribution < 1.29 is 24.0 Å². The number of unbranched alkanes of at least 4 members (excludes halogenated alkanes) is 1. The highest BCUT2D eigenvalue weighted by molar-refractivity contribution is 6.02. The molecular weight excluding hydrogens is 454 g/mol. The summed E-state index contributed by atoms with van der Waals surface area (Å²) >= 11 is 0. The van der Waals surface area contributed by atoms with E-state index in [0.29, 0.717) is 5.76 Å². The van der Waals surface area contributed by atoms with Crippen molar-refractivity contribution in [2.24, 2.45) is 0 Å². The quantitative estimate of drug-likeness (QED) is 0.625. The Morgan fingerprint density at radius 2 is 2.14 bits per heavy atom. The van der Waals surface area contributed by atoms with Crippen molar-refractivity contribution >= 4 is 17.4 Å². The van der Waals surface area contributed by atoms with E-state index in [1.54, 1.807) is 12.2 Å². The van der Waals surface area contributed by atoms with Crippen molar-refractivity contribution in [3.8, 4) is 5.69 Å². The summed E-state index contributed by atoms with van der Waals surface area (Å²) in [6.07, 6.45) is 16.0. The molecule has 0 radical (unpaired) electrons. The molecule has 0 saturated carbocycles. The predicted molar refractivity (Wildman–Crippen MR) is 135 cm³/mol. The van der Waals surface area contributed by atoms with E-state index in [1.807, 2.05) is 6.92 Å². The number of fused-ring (bicyclic) bond motifs is 5. The largest absolute Gasteiger partial charge is 0.485 e. The van der Waals surface area contributed by atoms with Gasteiger partial charge in [0.05, 0.1) is 13.0 Å². The van der Waals surface area contributed by atoms with Crippen molar-refractivity contribution in [1.82, 2.24) is 4.57 Å². The number of rotatable bonds is 6. The number of allylic oxidation sites excluding steroid dienone is 4. The van der Waals surface area contributed by atoms with Gasteiger partial charge in [-0.25, -0.2) is 9.13 Å². The number of carbonyl (C=O) groups excluding carboxylic acids is 1. The second-order valence-electron chi connectivity index (χ2n) is 10.2. The van der Waals surface area contributed by atoms with Gasteiger partial charge >= 0.3 is 5.97 Å². The van der Waals surface area contributed by atoms with Gasteiger partial charge in [0.25, 0.3) is 0 Å². The minimum atomic E-state index is -0.836. The summed E-state index contributed by atoms with van der Waals surface area (Å²) in [5.74, 6) is -0.308. The number of carboxylic acids is 1. The van der Waals surface area contributed by atoms with Crippen molar-refractivity contribution in [2.75, 3.05) is 11.4 Å². The molecule has 7 heteroatoms. The Morgan fingerprint density at radius 3 is 2.94 bits per heavy atom. The van der Waals surface area contributed by atoms with Gasteiger partial charge in [0.1, 0.15) is 29.9 Å². The smallest absolute Gasteiger partial charge is 0.304 e. The van der Waals surface area contributed by atoms with Gasteiger partial charge in [0, 0.05) is 47.0 Å². The van der Waals surface area contributed by atoms with Gasteiger partial charge in [-0.05, 0) is 55.3 Å². The van der Waals surface area contributed by atoms with Gasteiger partial charge in [-0.3, -0.25) is 9.59 Å². The lowest BCUT2D eigenvalue weighted by atomic mass is 9.75. The molecule has 0 amide bonds. The SMILES string of the molecule is CCCC[n+]1ccn(-c2ccc3c(c2)C(C)(CC(=O)O)C2=C4C=C5C=CC(=O)C=C5OC4CCN23)c1. The van der Waals surface area contributed by atoms with E-state index in [0.717, 1.165) is 66.1 Å². The third-order valence-corrected chi connectivity index (χ3v) is 7.72. The van der Waals surface area contributed by atoms with Crippen molar-refractivity contribution in [1.29, 1.82) is 0 Å². The molecule has 4 aliphatic rings. The van der Waals surface area contributed by atoms with E-state index in [1.165, 1.54) is 6.08 Å². The van der Waals surface area contributed by atoms with Gasteiger partial charge in [-0.1, -0.05) is 13.3 Å². The van der Waals surface area contributed by atoms with Crippen LogP contribution in [0.3, 0.4) is 0 Å². The number of ether oxygens (including phenoxy) is 1. The molecule has 1 aromatic carbocycles. The Bertz CT molecular complexity index is 1410. The number of anilines is 1. The average molecular weight is 485 g/mol. The molecular formula is C29H30N3O4+. The number of ketones is 1. The molecule has 36 heavy (non-hydrogen) atoms. The highest BCUT2D eigenvalue weighted by Crippen LogP contribution is 2.55. The van der Waals surface area contributed by atoms with E-state index in [2.05, 4.69) is 64.0 Å². The Balaban J connectivity index is 1.48. The van der Waals surface area contributed by atoms with E-state index in [-0.39, 0.29) is 18.3 Å². The number of benzene rings is 1. The molecule has 7 nitrogen and oxygen atoms in total. The second kappa shape index (κ2) is 8.36. The van der Waals surface area contributed by atoms with Crippen molar-refractivity contribution in [2.45, 2.75) is 57.6 Å². The highest BCUT2D eigenvalue weighted by atomic mass is 16.5. The van der Waals surface area contributed by atoms with Gasteiger partial charge in [-0.2, -0.15) is 0 Å². The third-order valence-electron chi connectivity index (χ3n) is 7.72. The Kier molecular flexibility index (Phi) is 5.25. The van der Waals surface area contributed by atoms with Gasteiger partial charge in [-0.15, -0.1) is 0 Å². The molecule has 1 N–H and O–H groups in total. The lowest BCUT2D eigenvalue weighted by Gasteiger charge is -2.40. The molecule has 0 spiro atoms. The molecule has 184 valence electrons. The zero-order chi connectivity index (χ0) is 25.0. The van der Waals surface area contributed by atoms with Gasteiger partial charge in [0.15, 0.2) is 5.78 Å². The van der Waals surface area contributed by atoms with Crippen LogP contribution in [-0.4, -0.2) is 34.1 Å². The first-order chi connectivity index (χ1) is 17.4. The van der Waals surface area contributed by atoms with Crippen LogP contribution in [0.1, 0.15) is 45.1 Å². The maximum Gasteiger partial charge on any atom is 0.304 e. The van der Waals surface area contributed by atoms with Crippen LogP contribution in [0.4, 0.5) is 5.69 Å². The van der Waals surface area contributed by atoms with Crippen LogP contribution < -0.4 is 9.47 Å². The summed E-state index contributed by atoms with van der Waals surface area (Å²) in [5.41, 5.74) is 5.24. The number of carbonyl (C=O) groups is 2. The predicted octanol–water partition coefficient (Wildman–Crippen LogP) is 4.12. The Hall–Kier alpha value is -3.87. The number of nitrogens with zero attached hydrogens (tertiary/aromatic N) is 3. The Labute approximate surface area is 210 Å². The first-order valence-electron chi connectivity index (χ1n) is 12.7. The van der Waals surface area contributed by atoms with Crippen LogP contribution in [0.15, 0.2) is 83.8 Å². The molecule has 6 rings (SSSR count). The molecule has 0 fully saturated rings. The average Bonchev–Trinajstić information content (AvgIpc) is 3.42. The first kappa shape index (κ1) is 22.6. The molecule has 3 aliphatic heterocycles. The van der Waals surface area contributed by atoms with Crippen molar-refractivity contribution in [3.63, 3.8) is 0 Å². The fourth-order valence-corrected chi connectivity index (χ4v) is 6.01. The van der Waals surface area contributed by atoms with Crippen LogP contribution in [0.2, 0.25) is 0 Å². The molecule has 2 unspecified atom stereocenters. The van der Waals surface area contributed by atoms with Crippen LogP contribution in [0, 0.1) is 0 Å².